The van der Waals surface area contributed by atoms with E-state index in [1.807, 2.05) is 0 Å². The Kier molecular flexibility index (Phi) is 3.62. The SMILES string of the molecule is Cc1ncc(S(=O)(=O)N2CC(C3CCCC(C)C3)C2)o1. The maximum absolute atomic E-state index is 12.3. The molecular weight excluding hydrogens is 276 g/mol. The molecule has 2 aliphatic rings. The van der Waals surface area contributed by atoms with Gasteiger partial charge in [-0.05, 0) is 24.2 Å². The Morgan fingerprint density at radius 3 is 2.65 bits per heavy atom. The number of nitrogens with zero attached hydrogens (tertiary/aromatic N) is 2. The van der Waals surface area contributed by atoms with Crippen molar-refractivity contribution in [1.82, 2.24) is 9.29 Å². The van der Waals surface area contributed by atoms with Crippen molar-refractivity contribution in [2.75, 3.05) is 13.1 Å². The molecule has 20 heavy (non-hydrogen) atoms. The minimum atomic E-state index is -3.46. The zero-order valence-electron chi connectivity index (χ0n) is 12.1. The van der Waals surface area contributed by atoms with E-state index in [4.69, 9.17) is 4.42 Å². The molecule has 112 valence electrons. The van der Waals surface area contributed by atoms with Crippen LogP contribution in [0.4, 0.5) is 0 Å². The molecule has 0 N–H and O–H groups in total. The van der Waals surface area contributed by atoms with Crippen molar-refractivity contribution in [3.63, 3.8) is 0 Å². The summed E-state index contributed by atoms with van der Waals surface area (Å²) >= 11 is 0. The lowest BCUT2D eigenvalue weighted by atomic mass is 9.74. The maximum Gasteiger partial charge on any atom is 0.278 e. The summed E-state index contributed by atoms with van der Waals surface area (Å²) in [5.74, 6) is 2.40. The molecule has 0 amide bonds. The lowest BCUT2D eigenvalue weighted by Crippen LogP contribution is -2.53. The van der Waals surface area contributed by atoms with Gasteiger partial charge in [-0.3, -0.25) is 0 Å². The van der Waals surface area contributed by atoms with Gasteiger partial charge in [-0.1, -0.05) is 26.2 Å². The van der Waals surface area contributed by atoms with Crippen LogP contribution in [0.2, 0.25) is 0 Å². The quantitative estimate of drug-likeness (QED) is 0.859. The van der Waals surface area contributed by atoms with Gasteiger partial charge in [-0.25, -0.2) is 13.4 Å². The van der Waals surface area contributed by atoms with Crippen LogP contribution in [-0.2, 0) is 10.0 Å². The molecule has 1 aliphatic heterocycles. The fourth-order valence-electron chi connectivity index (χ4n) is 3.46. The Balaban J connectivity index is 1.62. The lowest BCUT2D eigenvalue weighted by molar-refractivity contribution is 0.0925. The first-order valence-corrected chi connectivity index (χ1v) is 8.83. The molecule has 5 nitrogen and oxygen atoms in total. The minimum absolute atomic E-state index is 0.0227. The molecule has 1 saturated heterocycles. The largest absolute Gasteiger partial charge is 0.428 e. The molecule has 0 aromatic carbocycles. The molecule has 0 spiro atoms. The van der Waals surface area contributed by atoms with Crippen molar-refractivity contribution in [2.45, 2.75) is 44.6 Å². The molecule has 2 atom stereocenters. The van der Waals surface area contributed by atoms with Gasteiger partial charge >= 0.3 is 0 Å². The van der Waals surface area contributed by atoms with Crippen molar-refractivity contribution in [2.24, 2.45) is 17.8 Å². The molecule has 1 aromatic heterocycles. The van der Waals surface area contributed by atoms with Gasteiger partial charge in [0, 0.05) is 20.0 Å². The van der Waals surface area contributed by atoms with Crippen molar-refractivity contribution < 1.29 is 12.8 Å². The molecule has 3 rings (SSSR count). The summed E-state index contributed by atoms with van der Waals surface area (Å²) in [6.07, 6.45) is 6.42. The number of aromatic nitrogens is 1. The summed E-state index contributed by atoms with van der Waals surface area (Å²) in [4.78, 5) is 3.87. The van der Waals surface area contributed by atoms with E-state index in [1.54, 1.807) is 6.92 Å². The van der Waals surface area contributed by atoms with Crippen molar-refractivity contribution >= 4 is 10.0 Å². The Bertz CT molecular complexity index is 575. The van der Waals surface area contributed by atoms with Gasteiger partial charge in [0.25, 0.3) is 15.1 Å². The molecule has 0 radical (unpaired) electrons. The number of hydrogen-bond donors (Lipinski definition) is 0. The molecule has 2 heterocycles. The van der Waals surface area contributed by atoms with Gasteiger partial charge < -0.3 is 4.42 Å². The second kappa shape index (κ2) is 5.15. The molecule has 1 aliphatic carbocycles. The highest BCUT2D eigenvalue weighted by molar-refractivity contribution is 7.89. The van der Waals surface area contributed by atoms with E-state index in [2.05, 4.69) is 11.9 Å². The fraction of sp³-hybridized carbons (Fsp3) is 0.786. The van der Waals surface area contributed by atoms with E-state index in [0.717, 1.165) is 5.92 Å². The molecule has 2 fully saturated rings. The molecular formula is C14H22N2O3S. The van der Waals surface area contributed by atoms with E-state index in [-0.39, 0.29) is 5.09 Å². The van der Waals surface area contributed by atoms with Gasteiger partial charge in [0.1, 0.15) is 0 Å². The third-order valence-corrected chi connectivity index (χ3v) is 6.39. The van der Waals surface area contributed by atoms with Gasteiger partial charge in [0.15, 0.2) is 5.89 Å². The summed E-state index contributed by atoms with van der Waals surface area (Å²) < 4.78 is 31.3. The lowest BCUT2D eigenvalue weighted by Gasteiger charge is -2.44. The molecule has 2 unspecified atom stereocenters. The van der Waals surface area contributed by atoms with Crippen LogP contribution >= 0.6 is 0 Å². The second-order valence-electron chi connectivity index (χ2n) is 6.31. The van der Waals surface area contributed by atoms with Crippen LogP contribution in [0, 0.1) is 24.7 Å². The van der Waals surface area contributed by atoms with Crippen LogP contribution in [0.25, 0.3) is 0 Å². The standard InChI is InChI=1S/C14H22N2O3S/c1-10-4-3-5-12(6-10)13-8-16(9-13)20(17,18)14-7-15-11(2)19-14/h7,10,12-13H,3-6,8-9H2,1-2H3. The summed E-state index contributed by atoms with van der Waals surface area (Å²) in [6.45, 7) is 5.23. The summed E-state index contributed by atoms with van der Waals surface area (Å²) in [5.41, 5.74) is 0. The minimum Gasteiger partial charge on any atom is -0.428 e. The molecule has 1 saturated carbocycles. The summed E-state index contributed by atoms with van der Waals surface area (Å²) in [6, 6.07) is 0. The Morgan fingerprint density at radius 2 is 2.05 bits per heavy atom. The Labute approximate surface area is 120 Å². The van der Waals surface area contributed by atoms with E-state index >= 15 is 0 Å². The van der Waals surface area contributed by atoms with Crippen LogP contribution in [0.5, 0.6) is 0 Å². The zero-order chi connectivity index (χ0) is 14.3. The maximum atomic E-state index is 12.3. The average molecular weight is 298 g/mol. The second-order valence-corrected chi connectivity index (χ2v) is 8.18. The third-order valence-electron chi connectivity index (χ3n) is 4.71. The van der Waals surface area contributed by atoms with E-state index in [1.165, 1.54) is 36.2 Å². The predicted molar refractivity (Wildman–Crippen MR) is 74.6 cm³/mol. The average Bonchev–Trinajstić information content (AvgIpc) is 2.74. The van der Waals surface area contributed by atoms with Gasteiger partial charge in [-0.15, -0.1) is 0 Å². The molecule has 0 bridgehead atoms. The number of hydrogen-bond acceptors (Lipinski definition) is 4. The summed E-state index contributed by atoms with van der Waals surface area (Å²) in [7, 11) is -3.46. The highest BCUT2D eigenvalue weighted by Gasteiger charge is 2.42. The Morgan fingerprint density at radius 1 is 1.30 bits per heavy atom. The van der Waals surface area contributed by atoms with E-state index in [0.29, 0.717) is 30.8 Å². The van der Waals surface area contributed by atoms with Crippen molar-refractivity contribution in [3.05, 3.63) is 12.1 Å². The van der Waals surface area contributed by atoms with E-state index < -0.39 is 10.0 Å². The zero-order valence-corrected chi connectivity index (χ0v) is 12.9. The number of aryl methyl sites for hydroxylation is 1. The van der Waals surface area contributed by atoms with Gasteiger partial charge in [0.05, 0.1) is 6.20 Å². The smallest absolute Gasteiger partial charge is 0.278 e. The topological polar surface area (TPSA) is 63.4 Å². The highest BCUT2D eigenvalue weighted by Crippen LogP contribution is 2.39. The number of sulfonamides is 1. The van der Waals surface area contributed by atoms with Crippen LogP contribution in [0.3, 0.4) is 0 Å². The number of rotatable bonds is 3. The van der Waals surface area contributed by atoms with Crippen molar-refractivity contribution in [3.8, 4) is 0 Å². The van der Waals surface area contributed by atoms with Crippen LogP contribution in [0.1, 0.15) is 38.5 Å². The first-order chi connectivity index (χ1) is 9.46. The van der Waals surface area contributed by atoms with E-state index in [9.17, 15) is 8.42 Å². The first-order valence-electron chi connectivity index (χ1n) is 7.39. The highest BCUT2D eigenvalue weighted by atomic mass is 32.2. The predicted octanol–water partition coefficient (Wildman–Crippen LogP) is 2.43. The number of oxazole rings is 1. The Hall–Kier alpha value is -0.880. The van der Waals surface area contributed by atoms with Gasteiger partial charge in [-0.2, -0.15) is 4.31 Å². The van der Waals surface area contributed by atoms with Gasteiger partial charge in [0.2, 0.25) is 0 Å². The molecule has 1 aromatic rings. The summed E-state index contributed by atoms with van der Waals surface area (Å²) in [5, 5.41) is -0.0227. The van der Waals surface area contributed by atoms with Crippen molar-refractivity contribution in [1.29, 1.82) is 0 Å². The monoisotopic (exact) mass is 298 g/mol. The van der Waals surface area contributed by atoms with Crippen LogP contribution in [-0.4, -0.2) is 30.8 Å². The first kappa shape index (κ1) is 14.1. The van der Waals surface area contributed by atoms with Crippen LogP contribution in [0.15, 0.2) is 15.7 Å². The third kappa shape index (κ3) is 2.51. The molecule has 6 heteroatoms. The normalized spacial score (nSPS) is 29.3. The fourth-order valence-corrected chi connectivity index (χ4v) is 4.90. The van der Waals surface area contributed by atoms with Crippen LogP contribution < -0.4 is 0 Å².